The lowest BCUT2D eigenvalue weighted by Gasteiger charge is -2.24. The SMILES string of the molecule is CCN(CCNC(C)CCC(C)C)c1ccc(C)cc1. The molecule has 114 valence electrons. The van der Waals surface area contributed by atoms with Gasteiger partial charge in [-0.05, 0) is 51.7 Å². The Morgan fingerprint density at radius 2 is 1.70 bits per heavy atom. The second-order valence-corrected chi connectivity index (χ2v) is 6.24. The molecule has 1 unspecified atom stereocenters. The van der Waals surface area contributed by atoms with Crippen LogP contribution in [0.3, 0.4) is 0 Å². The van der Waals surface area contributed by atoms with Gasteiger partial charge in [0.05, 0.1) is 0 Å². The molecule has 0 aliphatic rings. The fraction of sp³-hybridized carbons (Fsp3) is 0.667. The molecule has 0 radical (unpaired) electrons. The molecule has 1 aromatic rings. The molecule has 0 saturated heterocycles. The van der Waals surface area contributed by atoms with Gasteiger partial charge in [-0.3, -0.25) is 0 Å². The van der Waals surface area contributed by atoms with Gasteiger partial charge >= 0.3 is 0 Å². The highest BCUT2D eigenvalue weighted by Gasteiger charge is 2.06. The van der Waals surface area contributed by atoms with Gasteiger partial charge in [-0.15, -0.1) is 0 Å². The Kier molecular flexibility index (Phi) is 7.68. The Balaban J connectivity index is 2.33. The van der Waals surface area contributed by atoms with Gasteiger partial charge in [-0.25, -0.2) is 0 Å². The van der Waals surface area contributed by atoms with Crippen LogP contribution >= 0.6 is 0 Å². The second kappa shape index (κ2) is 9.02. The van der Waals surface area contributed by atoms with E-state index in [9.17, 15) is 0 Å². The molecule has 0 heterocycles. The number of aryl methyl sites for hydroxylation is 1. The Hall–Kier alpha value is -1.02. The van der Waals surface area contributed by atoms with Gasteiger partial charge in [0.15, 0.2) is 0 Å². The van der Waals surface area contributed by atoms with Crippen LogP contribution in [0.15, 0.2) is 24.3 Å². The number of nitrogens with one attached hydrogen (secondary N) is 1. The number of rotatable bonds is 9. The van der Waals surface area contributed by atoms with Crippen LogP contribution in [0.2, 0.25) is 0 Å². The smallest absolute Gasteiger partial charge is 0.0366 e. The highest BCUT2D eigenvalue weighted by molar-refractivity contribution is 5.47. The van der Waals surface area contributed by atoms with E-state index >= 15 is 0 Å². The molecule has 0 spiro atoms. The minimum Gasteiger partial charge on any atom is -0.371 e. The Labute approximate surface area is 125 Å². The van der Waals surface area contributed by atoms with E-state index in [1.807, 2.05) is 0 Å². The fourth-order valence-corrected chi connectivity index (χ4v) is 2.36. The van der Waals surface area contributed by atoms with E-state index in [-0.39, 0.29) is 0 Å². The lowest BCUT2D eigenvalue weighted by molar-refractivity contribution is 0.453. The van der Waals surface area contributed by atoms with E-state index in [4.69, 9.17) is 0 Å². The number of likely N-dealkylation sites (N-methyl/N-ethyl adjacent to an activating group) is 1. The van der Waals surface area contributed by atoms with Gasteiger partial charge in [0, 0.05) is 31.4 Å². The summed E-state index contributed by atoms with van der Waals surface area (Å²) in [7, 11) is 0. The van der Waals surface area contributed by atoms with E-state index < -0.39 is 0 Å². The molecule has 0 fully saturated rings. The molecule has 0 bridgehead atoms. The molecule has 2 nitrogen and oxygen atoms in total. The second-order valence-electron chi connectivity index (χ2n) is 6.24. The number of anilines is 1. The topological polar surface area (TPSA) is 15.3 Å². The Bertz CT molecular complexity index is 356. The number of hydrogen-bond acceptors (Lipinski definition) is 2. The van der Waals surface area contributed by atoms with Crippen LogP contribution in [0.5, 0.6) is 0 Å². The molecular formula is C18H32N2. The predicted octanol–water partition coefficient (Wildman–Crippen LogP) is 4.24. The van der Waals surface area contributed by atoms with Crippen LogP contribution in [0.1, 0.15) is 46.1 Å². The average Bonchev–Trinajstić information content (AvgIpc) is 2.42. The maximum Gasteiger partial charge on any atom is 0.0366 e. The summed E-state index contributed by atoms with van der Waals surface area (Å²) in [4.78, 5) is 2.43. The molecule has 2 heteroatoms. The molecule has 20 heavy (non-hydrogen) atoms. The zero-order valence-electron chi connectivity index (χ0n) is 13.9. The lowest BCUT2D eigenvalue weighted by atomic mass is 10.0. The van der Waals surface area contributed by atoms with E-state index in [0.29, 0.717) is 6.04 Å². The Morgan fingerprint density at radius 1 is 1.05 bits per heavy atom. The van der Waals surface area contributed by atoms with E-state index in [0.717, 1.165) is 25.6 Å². The first-order chi connectivity index (χ1) is 9.52. The van der Waals surface area contributed by atoms with Gasteiger partial charge < -0.3 is 10.2 Å². The van der Waals surface area contributed by atoms with Crippen LogP contribution in [0.4, 0.5) is 5.69 Å². The summed E-state index contributed by atoms with van der Waals surface area (Å²) in [6, 6.07) is 9.45. The standard InChI is InChI=1S/C18H32N2/c1-6-20(18-11-8-16(4)9-12-18)14-13-19-17(5)10-7-15(2)3/h8-9,11-12,15,17,19H,6-7,10,13-14H2,1-5H3. The normalized spacial score (nSPS) is 12.7. The molecule has 1 atom stereocenters. The van der Waals surface area contributed by atoms with Crippen molar-refractivity contribution in [3.8, 4) is 0 Å². The maximum absolute atomic E-state index is 3.64. The van der Waals surface area contributed by atoms with Crippen molar-refractivity contribution in [3.63, 3.8) is 0 Å². The first-order valence-electron chi connectivity index (χ1n) is 8.08. The van der Waals surface area contributed by atoms with Gasteiger partial charge in [-0.1, -0.05) is 31.5 Å². The van der Waals surface area contributed by atoms with Gasteiger partial charge in [-0.2, -0.15) is 0 Å². The minimum absolute atomic E-state index is 0.620. The van der Waals surface area contributed by atoms with Crippen molar-refractivity contribution < 1.29 is 0 Å². The summed E-state index contributed by atoms with van der Waals surface area (Å²) in [6.07, 6.45) is 2.58. The minimum atomic E-state index is 0.620. The summed E-state index contributed by atoms with van der Waals surface area (Å²) in [5.74, 6) is 0.805. The molecule has 0 saturated carbocycles. The van der Waals surface area contributed by atoms with Crippen LogP contribution < -0.4 is 10.2 Å². The van der Waals surface area contributed by atoms with Crippen LogP contribution in [0.25, 0.3) is 0 Å². The molecule has 1 N–H and O–H groups in total. The molecule has 1 rings (SSSR count). The van der Waals surface area contributed by atoms with Crippen molar-refractivity contribution in [2.75, 3.05) is 24.5 Å². The summed E-state index contributed by atoms with van der Waals surface area (Å²) in [5, 5.41) is 3.64. The molecule has 0 aliphatic heterocycles. The zero-order valence-corrected chi connectivity index (χ0v) is 13.9. The molecule has 0 aliphatic carbocycles. The Morgan fingerprint density at radius 3 is 2.25 bits per heavy atom. The zero-order chi connectivity index (χ0) is 15.0. The quantitative estimate of drug-likeness (QED) is 0.726. The third kappa shape index (κ3) is 6.42. The third-order valence-electron chi connectivity index (χ3n) is 3.83. The average molecular weight is 276 g/mol. The molecule has 0 aromatic heterocycles. The summed E-state index contributed by atoms with van der Waals surface area (Å²) in [5.41, 5.74) is 2.65. The largest absolute Gasteiger partial charge is 0.371 e. The van der Waals surface area contributed by atoms with Crippen molar-refractivity contribution in [2.24, 2.45) is 5.92 Å². The molecule has 1 aromatic carbocycles. The fourth-order valence-electron chi connectivity index (χ4n) is 2.36. The molecular weight excluding hydrogens is 244 g/mol. The van der Waals surface area contributed by atoms with Gasteiger partial charge in [0.1, 0.15) is 0 Å². The number of hydrogen-bond donors (Lipinski definition) is 1. The van der Waals surface area contributed by atoms with Crippen LogP contribution in [-0.2, 0) is 0 Å². The first kappa shape index (κ1) is 17.0. The van der Waals surface area contributed by atoms with Crippen molar-refractivity contribution in [1.82, 2.24) is 5.32 Å². The van der Waals surface area contributed by atoms with Crippen molar-refractivity contribution in [2.45, 2.75) is 53.5 Å². The summed E-state index contributed by atoms with van der Waals surface area (Å²) in [6.45, 7) is 14.4. The van der Waals surface area contributed by atoms with E-state index in [2.05, 4.69) is 69.1 Å². The van der Waals surface area contributed by atoms with Crippen molar-refractivity contribution in [1.29, 1.82) is 0 Å². The van der Waals surface area contributed by atoms with Crippen LogP contribution in [-0.4, -0.2) is 25.7 Å². The van der Waals surface area contributed by atoms with Crippen molar-refractivity contribution >= 4 is 5.69 Å². The van der Waals surface area contributed by atoms with Crippen molar-refractivity contribution in [3.05, 3.63) is 29.8 Å². The maximum atomic E-state index is 3.64. The lowest BCUT2D eigenvalue weighted by Crippen LogP contribution is -2.36. The third-order valence-corrected chi connectivity index (χ3v) is 3.83. The van der Waals surface area contributed by atoms with Gasteiger partial charge in [0.25, 0.3) is 0 Å². The predicted molar refractivity (Wildman–Crippen MR) is 90.6 cm³/mol. The van der Waals surface area contributed by atoms with E-state index in [1.165, 1.54) is 24.1 Å². The monoisotopic (exact) mass is 276 g/mol. The molecule has 0 amide bonds. The number of nitrogens with zero attached hydrogens (tertiary/aromatic N) is 1. The van der Waals surface area contributed by atoms with Crippen LogP contribution in [0, 0.1) is 12.8 Å². The summed E-state index contributed by atoms with van der Waals surface area (Å²) >= 11 is 0. The summed E-state index contributed by atoms with van der Waals surface area (Å²) < 4.78 is 0. The first-order valence-corrected chi connectivity index (χ1v) is 8.08. The highest BCUT2D eigenvalue weighted by atomic mass is 15.1. The highest BCUT2D eigenvalue weighted by Crippen LogP contribution is 2.14. The van der Waals surface area contributed by atoms with E-state index in [1.54, 1.807) is 0 Å². The number of benzene rings is 1. The van der Waals surface area contributed by atoms with Gasteiger partial charge in [0.2, 0.25) is 0 Å².